The van der Waals surface area contributed by atoms with E-state index in [0.29, 0.717) is 12.5 Å². The SMILES string of the molecule is CN1CCC(CN(C)c2ncnc(NN)c2[N+](=O)[O-])C1. The van der Waals surface area contributed by atoms with Crippen molar-refractivity contribution in [2.24, 2.45) is 11.8 Å². The third-order valence-electron chi connectivity index (χ3n) is 3.50. The van der Waals surface area contributed by atoms with Gasteiger partial charge in [-0.3, -0.25) is 10.1 Å². The number of nitrogens with two attached hydrogens (primary N) is 1. The van der Waals surface area contributed by atoms with Crippen LogP contribution in [0.5, 0.6) is 0 Å². The van der Waals surface area contributed by atoms with Crippen LogP contribution in [0.4, 0.5) is 17.3 Å². The molecule has 1 aromatic heterocycles. The summed E-state index contributed by atoms with van der Waals surface area (Å²) in [5.74, 6) is 6.06. The summed E-state index contributed by atoms with van der Waals surface area (Å²) in [6, 6.07) is 0. The molecule has 0 aromatic carbocycles. The Morgan fingerprint density at radius 1 is 1.65 bits per heavy atom. The van der Waals surface area contributed by atoms with Crippen LogP contribution in [0, 0.1) is 16.0 Å². The van der Waals surface area contributed by atoms with Crippen molar-refractivity contribution in [3.8, 4) is 0 Å². The van der Waals surface area contributed by atoms with Crippen molar-refractivity contribution in [2.75, 3.05) is 44.1 Å². The summed E-state index contributed by atoms with van der Waals surface area (Å²) in [7, 11) is 3.87. The lowest BCUT2D eigenvalue weighted by atomic mass is 10.1. The predicted molar refractivity (Wildman–Crippen MR) is 75.4 cm³/mol. The highest BCUT2D eigenvalue weighted by molar-refractivity contribution is 5.69. The number of hydrogen-bond donors (Lipinski definition) is 2. The Morgan fingerprint density at radius 3 is 2.95 bits per heavy atom. The molecule has 0 saturated carbocycles. The summed E-state index contributed by atoms with van der Waals surface area (Å²) in [5, 5.41) is 11.2. The van der Waals surface area contributed by atoms with E-state index in [0.717, 1.165) is 19.5 Å². The van der Waals surface area contributed by atoms with E-state index in [2.05, 4.69) is 27.3 Å². The van der Waals surface area contributed by atoms with Crippen LogP contribution in [0.15, 0.2) is 6.33 Å². The van der Waals surface area contributed by atoms with Crippen molar-refractivity contribution in [1.82, 2.24) is 14.9 Å². The van der Waals surface area contributed by atoms with Gasteiger partial charge in [0.25, 0.3) is 0 Å². The molecule has 1 aromatic rings. The van der Waals surface area contributed by atoms with Crippen LogP contribution < -0.4 is 16.2 Å². The molecular weight excluding hydrogens is 262 g/mol. The maximum atomic E-state index is 11.2. The Bertz CT molecular complexity index is 496. The van der Waals surface area contributed by atoms with Gasteiger partial charge in [0.05, 0.1) is 4.92 Å². The van der Waals surface area contributed by atoms with Gasteiger partial charge in [-0.15, -0.1) is 0 Å². The fraction of sp³-hybridized carbons (Fsp3) is 0.636. The van der Waals surface area contributed by atoms with Crippen LogP contribution in [0.1, 0.15) is 6.42 Å². The summed E-state index contributed by atoms with van der Waals surface area (Å²) in [6.45, 7) is 2.76. The molecule has 1 unspecified atom stereocenters. The predicted octanol–water partition coefficient (Wildman–Crippen LogP) is 0.0583. The minimum atomic E-state index is -0.512. The second-order valence-corrected chi connectivity index (χ2v) is 5.09. The maximum Gasteiger partial charge on any atom is 0.354 e. The lowest BCUT2D eigenvalue weighted by Gasteiger charge is -2.22. The normalized spacial score (nSPS) is 19.1. The van der Waals surface area contributed by atoms with Crippen LogP contribution in [0.2, 0.25) is 0 Å². The molecule has 0 spiro atoms. The Balaban J connectivity index is 2.20. The van der Waals surface area contributed by atoms with Gasteiger partial charge in [-0.05, 0) is 25.9 Å². The van der Waals surface area contributed by atoms with Gasteiger partial charge in [0, 0.05) is 20.1 Å². The number of likely N-dealkylation sites (tertiary alicyclic amines) is 1. The molecule has 9 heteroatoms. The number of nitrogen functional groups attached to an aromatic ring is 1. The van der Waals surface area contributed by atoms with E-state index in [9.17, 15) is 10.1 Å². The largest absolute Gasteiger partial charge is 0.354 e. The topological polar surface area (TPSA) is 113 Å². The molecule has 1 saturated heterocycles. The Morgan fingerprint density at radius 2 is 2.40 bits per heavy atom. The van der Waals surface area contributed by atoms with Gasteiger partial charge in [-0.1, -0.05) is 0 Å². The third-order valence-corrected chi connectivity index (χ3v) is 3.50. The van der Waals surface area contributed by atoms with Gasteiger partial charge in [-0.2, -0.15) is 0 Å². The number of nitrogens with zero attached hydrogens (tertiary/aromatic N) is 5. The Labute approximate surface area is 116 Å². The standard InChI is InChI=1S/C11H19N7O2/c1-16-4-3-8(5-16)6-17(2)11-9(18(19)20)10(15-12)13-7-14-11/h7-8H,3-6,12H2,1-2H3,(H,13,14,15). The highest BCUT2D eigenvalue weighted by atomic mass is 16.6. The highest BCUT2D eigenvalue weighted by Gasteiger charge is 2.28. The lowest BCUT2D eigenvalue weighted by molar-refractivity contribution is -0.383. The first-order valence-corrected chi connectivity index (χ1v) is 6.38. The minimum absolute atomic E-state index is 0.0235. The number of anilines is 2. The zero-order valence-electron chi connectivity index (χ0n) is 11.6. The van der Waals surface area contributed by atoms with Crippen LogP contribution in [-0.4, -0.2) is 53.5 Å². The van der Waals surface area contributed by atoms with Gasteiger partial charge < -0.3 is 15.2 Å². The number of hydrogen-bond acceptors (Lipinski definition) is 8. The van der Waals surface area contributed by atoms with E-state index in [1.807, 2.05) is 0 Å². The molecule has 110 valence electrons. The molecule has 2 heterocycles. The summed E-state index contributed by atoms with van der Waals surface area (Å²) < 4.78 is 0. The molecule has 0 radical (unpaired) electrons. The average molecular weight is 281 g/mol. The average Bonchev–Trinajstić information content (AvgIpc) is 2.82. The second kappa shape index (κ2) is 5.97. The zero-order chi connectivity index (χ0) is 14.7. The minimum Gasteiger partial charge on any atom is -0.353 e. The first-order valence-electron chi connectivity index (χ1n) is 6.38. The molecule has 1 aliphatic rings. The number of nitrogens with one attached hydrogen (secondary N) is 1. The first-order chi connectivity index (χ1) is 9.52. The van der Waals surface area contributed by atoms with Crippen molar-refractivity contribution in [3.05, 3.63) is 16.4 Å². The van der Waals surface area contributed by atoms with Gasteiger partial charge in [0.15, 0.2) is 0 Å². The number of aromatic nitrogens is 2. The zero-order valence-corrected chi connectivity index (χ0v) is 11.6. The Hall–Kier alpha value is -2.00. The van der Waals surface area contributed by atoms with E-state index >= 15 is 0 Å². The van der Waals surface area contributed by atoms with Crippen molar-refractivity contribution in [3.63, 3.8) is 0 Å². The molecule has 0 bridgehead atoms. The van der Waals surface area contributed by atoms with E-state index in [1.165, 1.54) is 6.33 Å². The smallest absolute Gasteiger partial charge is 0.353 e. The number of nitro groups is 1. The summed E-state index contributed by atoms with van der Waals surface area (Å²) in [6.07, 6.45) is 2.36. The fourth-order valence-corrected chi connectivity index (χ4v) is 2.57. The van der Waals surface area contributed by atoms with Crippen molar-refractivity contribution < 1.29 is 4.92 Å². The molecule has 2 rings (SSSR count). The Kier molecular flexibility index (Phi) is 4.30. The molecule has 20 heavy (non-hydrogen) atoms. The quantitative estimate of drug-likeness (QED) is 0.442. The maximum absolute atomic E-state index is 11.2. The molecular formula is C11H19N7O2. The van der Waals surface area contributed by atoms with Gasteiger partial charge in [0.1, 0.15) is 6.33 Å². The number of hydrazine groups is 1. The molecule has 0 amide bonds. The summed E-state index contributed by atoms with van der Waals surface area (Å²) in [5.41, 5.74) is 2.05. The third kappa shape index (κ3) is 2.94. The van der Waals surface area contributed by atoms with Crippen molar-refractivity contribution >= 4 is 17.3 Å². The molecule has 0 aliphatic carbocycles. The van der Waals surface area contributed by atoms with Crippen LogP contribution in [-0.2, 0) is 0 Å². The molecule has 1 atom stereocenters. The van der Waals surface area contributed by atoms with E-state index in [-0.39, 0.29) is 17.3 Å². The summed E-state index contributed by atoms with van der Waals surface area (Å²) >= 11 is 0. The summed E-state index contributed by atoms with van der Waals surface area (Å²) in [4.78, 5) is 22.5. The number of rotatable bonds is 5. The van der Waals surface area contributed by atoms with E-state index in [4.69, 9.17) is 5.84 Å². The molecule has 1 aliphatic heterocycles. The van der Waals surface area contributed by atoms with Crippen LogP contribution in [0.3, 0.4) is 0 Å². The van der Waals surface area contributed by atoms with Gasteiger partial charge in [-0.25, -0.2) is 15.8 Å². The van der Waals surface area contributed by atoms with Crippen molar-refractivity contribution in [2.45, 2.75) is 6.42 Å². The molecule has 3 N–H and O–H groups in total. The van der Waals surface area contributed by atoms with E-state index < -0.39 is 4.92 Å². The molecule has 1 fully saturated rings. The molecule has 9 nitrogen and oxygen atoms in total. The monoisotopic (exact) mass is 281 g/mol. The first kappa shape index (κ1) is 14.4. The van der Waals surface area contributed by atoms with Crippen LogP contribution in [0.25, 0.3) is 0 Å². The van der Waals surface area contributed by atoms with E-state index in [1.54, 1.807) is 11.9 Å². The van der Waals surface area contributed by atoms with Gasteiger partial charge in [0.2, 0.25) is 11.6 Å². The fourth-order valence-electron chi connectivity index (χ4n) is 2.57. The van der Waals surface area contributed by atoms with Crippen LogP contribution >= 0.6 is 0 Å². The van der Waals surface area contributed by atoms with Crippen molar-refractivity contribution in [1.29, 1.82) is 0 Å². The van der Waals surface area contributed by atoms with Gasteiger partial charge >= 0.3 is 5.69 Å². The highest BCUT2D eigenvalue weighted by Crippen LogP contribution is 2.31. The second-order valence-electron chi connectivity index (χ2n) is 5.09. The lowest BCUT2D eigenvalue weighted by Crippen LogP contribution is -2.29.